The summed E-state index contributed by atoms with van der Waals surface area (Å²) >= 11 is 0. The van der Waals surface area contributed by atoms with Gasteiger partial charge in [0.15, 0.2) is 0 Å². The molecule has 3 nitrogen and oxygen atoms in total. The van der Waals surface area contributed by atoms with Crippen LogP contribution >= 0.6 is 0 Å². The van der Waals surface area contributed by atoms with Gasteiger partial charge >= 0.3 is 0 Å². The van der Waals surface area contributed by atoms with Crippen LogP contribution < -0.4 is 5.32 Å². The van der Waals surface area contributed by atoms with E-state index in [0.717, 1.165) is 0 Å². The number of nitrogens with one attached hydrogen (secondary N) is 1. The van der Waals surface area contributed by atoms with Crippen molar-refractivity contribution in [3.05, 3.63) is 0 Å². The Balaban J connectivity index is 0. The SMILES string of the molecule is CC(=O)NC(C)=O.[Na]. The van der Waals surface area contributed by atoms with Gasteiger partial charge < -0.3 is 0 Å². The normalized spacial score (nSPS) is 6.75. The fourth-order valence-corrected chi connectivity index (χ4v) is 0.248. The van der Waals surface area contributed by atoms with Gasteiger partial charge in [-0.05, 0) is 0 Å². The maximum Gasteiger partial charge on any atom is 0.223 e. The van der Waals surface area contributed by atoms with Crippen molar-refractivity contribution in [2.24, 2.45) is 0 Å². The van der Waals surface area contributed by atoms with E-state index in [9.17, 15) is 9.59 Å². The zero-order valence-electron chi connectivity index (χ0n) is 5.32. The predicted molar refractivity (Wildman–Crippen MR) is 30.3 cm³/mol. The first-order valence-electron chi connectivity index (χ1n) is 1.91. The number of imide groups is 1. The predicted octanol–water partition coefficient (Wildman–Crippen LogP) is -0.712. The summed E-state index contributed by atoms with van der Waals surface area (Å²) in [7, 11) is 0. The minimum atomic E-state index is -0.312. The summed E-state index contributed by atoms with van der Waals surface area (Å²) in [5.41, 5.74) is 0. The Labute approximate surface area is 70.1 Å². The fourth-order valence-electron chi connectivity index (χ4n) is 0.248. The van der Waals surface area contributed by atoms with Crippen LogP contribution in [0.15, 0.2) is 0 Å². The van der Waals surface area contributed by atoms with Crippen LogP contribution in [-0.4, -0.2) is 41.4 Å². The monoisotopic (exact) mass is 124 g/mol. The Morgan fingerprint density at radius 2 is 1.38 bits per heavy atom. The van der Waals surface area contributed by atoms with Crippen LogP contribution in [0, 0.1) is 0 Å². The molecule has 0 unspecified atom stereocenters. The molecule has 0 atom stereocenters. The molecule has 0 aromatic carbocycles. The van der Waals surface area contributed by atoms with Crippen LogP contribution in [0.25, 0.3) is 0 Å². The molecule has 0 fully saturated rings. The first-order chi connectivity index (χ1) is 3.13. The summed E-state index contributed by atoms with van der Waals surface area (Å²) in [6, 6.07) is 0. The Bertz CT molecular complexity index is 90.2. The Hall–Kier alpha value is 0.140. The van der Waals surface area contributed by atoms with E-state index < -0.39 is 0 Å². The van der Waals surface area contributed by atoms with Crippen LogP contribution in [0.3, 0.4) is 0 Å². The van der Waals surface area contributed by atoms with Crippen molar-refractivity contribution in [3.63, 3.8) is 0 Å². The minimum Gasteiger partial charge on any atom is -0.297 e. The third-order valence-electron chi connectivity index (χ3n) is 0.352. The molecule has 0 heterocycles. The van der Waals surface area contributed by atoms with Crippen molar-refractivity contribution in [1.82, 2.24) is 5.32 Å². The maximum atomic E-state index is 9.92. The molecule has 2 amide bonds. The molecule has 8 heavy (non-hydrogen) atoms. The smallest absolute Gasteiger partial charge is 0.223 e. The molecule has 0 saturated heterocycles. The molecular weight excluding hydrogens is 117 g/mol. The summed E-state index contributed by atoms with van der Waals surface area (Å²) in [5.74, 6) is -0.625. The molecule has 0 spiro atoms. The summed E-state index contributed by atoms with van der Waals surface area (Å²) in [6.07, 6.45) is 0. The molecule has 0 saturated carbocycles. The van der Waals surface area contributed by atoms with Crippen molar-refractivity contribution < 1.29 is 9.59 Å². The van der Waals surface area contributed by atoms with Gasteiger partial charge in [0.1, 0.15) is 0 Å². The summed E-state index contributed by atoms with van der Waals surface area (Å²) in [6.45, 7) is 2.59. The standard InChI is InChI=1S/C4H7NO2.Na/c1-3(6)5-4(2)7;/h1-2H3,(H,5,6,7);. The van der Waals surface area contributed by atoms with Gasteiger partial charge in [0.2, 0.25) is 11.8 Å². The Morgan fingerprint density at radius 3 is 1.38 bits per heavy atom. The molecule has 1 radical (unpaired) electrons. The molecule has 1 N–H and O–H groups in total. The Morgan fingerprint density at radius 1 is 1.12 bits per heavy atom. The van der Waals surface area contributed by atoms with Gasteiger partial charge in [-0.1, -0.05) is 0 Å². The van der Waals surface area contributed by atoms with Crippen molar-refractivity contribution in [2.75, 3.05) is 0 Å². The molecule has 4 heteroatoms. The van der Waals surface area contributed by atoms with Crippen LogP contribution in [-0.2, 0) is 9.59 Å². The second-order valence-electron chi connectivity index (χ2n) is 1.24. The molecule has 0 aromatic heterocycles. The molecule has 0 aliphatic heterocycles. The van der Waals surface area contributed by atoms with Crippen molar-refractivity contribution in [2.45, 2.75) is 13.8 Å². The van der Waals surface area contributed by atoms with Crippen molar-refractivity contribution in [1.29, 1.82) is 0 Å². The van der Waals surface area contributed by atoms with Crippen molar-refractivity contribution in [3.8, 4) is 0 Å². The van der Waals surface area contributed by atoms with E-state index >= 15 is 0 Å². The van der Waals surface area contributed by atoms with E-state index in [1.165, 1.54) is 13.8 Å². The molecule has 0 rings (SSSR count). The van der Waals surface area contributed by atoms with Crippen LogP contribution in [0.5, 0.6) is 0 Å². The zero-order valence-corrected chi connectivity index (χ0v) is 7.32. The second kappa shape index (κ2) is 5.28. The molecular formula is C4H7NNaO2. The number of hydrogen-bond acceptors (Lipinski definition) is 2. The quantitative estimate of drug-likeness (QED) is 0.433. The third-order valence-corrected chi connectivity index (χ3v) is 0.352. The summed E-state index contributed by atoms with van der Waals surface area (Å²) < 4.78 is 0. The minimum absolute atomic E-state index is 0. The first kappa shape index (κ1) is 11.0. The van der Waals surface area contributed by atoms with Gasteiger partial charge in [0.25, 0.3) is 0 Å². The summed E-state index contributed by atoms with van der Waals surface area (Å²) in [4.78, 5) is 19.8. The summed E-state index contributed by atoms with van der Waals surface area (Å²) in [5, 5.41) is 2.03. The third kappa shape index (κ3) is 9.46. The van der Waals surface area contributed by atoms with Crippen molar-refractivity contribution >= 4 is 41.4 Å². The van der Waals surface area contributed by atoms with E-state index in [1.807, 2.05) is 5.32 Å². The van der Waals surface area contributed by atoms with Crippen LogP contribution in [0.1, 0.15) is 13.8 Å². The average molecular weight is 124 g/mol. The van der Waals surface area contributed by atoms with E-state index in [-0.39, 0.29) is 41.4 Å². The largest absolute Gasteiger partial charge is 0.297 e. The fraction of sp³-hybridized carbons (Fsp3) is 0.500. The van der Waals surface area contributed by atoms with E-state index in [1.54, 1.807) is 0 Å². The number of rotatable bonds is 0. The molecule has 0 aromatic rings. The topological polar surface area (TPSA) is 46.2 Å². The zero-order chi connectivity index (χ0) is 5.86. The molecule has 0 aliphatic rings. The van der Waals surface area contributed by atoms with Gasteiger partial charge in [-0.15, -0.1) is 0 Å². The van der Waals surface area contributed by atoms with Gasteiger partial charge in [0, 0.05) is 43.4 Å². The maximum absolute atomic E-state index is 9.92. The van der Waals surface area contributed by atoms with Gasteiger partial charge in [0.05, 0.1) is 0 Å². The van der Waals surface area contributed by atoms with Gasteiger partial charge in [-0.25, -0.2) is 0 Å². The molecule has 41 valence electrons. The number of carbonyl (C=O) groups excluding carboxylic acids is 2. The van der Waals surface area contributed by atoms with E-state index in [2.05, 4.69) is 0 Å². The van der Waals surface area contributed by atoms with Crippen LogP contribution in [0.2, 0.25) is 0 Å². The molecule has 0 bridgehead atoms. The number of hydrogen-bond donors (Lipinski definition) is 1. The average Bonchev–Trinajstić information content (AvgIpc) is 1.27. The number of amides is 2. The second-order valence-corrected chi connectivity index (χ2v) is 1.24. The van der Waals surface area contributed by atoms with E-state index in [4.69, 9.17) is 0 Å². The van der Waals surface area contributed by atoms with Crippen LogP contribution in [0.4, 0.5) is 0 Å². The van der Waals surface area contributed by atoms with Gasteiger partial charge in [-0.3, -0.25) is 14.9 Å². The van der Waals surface area contributed by atoms with E-state index in [0.29, 0.717) is 0 Å². The first-order valence-corrected chi connectivity index (χ1v) is 1.91. The molecule has 0 aliphatic carbocycles. The Kier molecular flexibility index (Phi) is 7.26. The van der Waals surface area contributed by atoms with Gasteiger partial charge in [-0.2, -0.15) is 0 Å². The number of carbonyl (C=O) groups is 2.